The monoisotopic (exact) mass is 340 g/mol. The first kappa shape index (κ1) is 16.1. The summed E-state index contributed by atoms with van der Waals surface area (Å²) in [7, 11) is 1.74. The van der Waals surface area contributed by atoms with Gasteiger partial charge in [0.2, 0.25) is 0 Å². The summed E-state index contributed by atoms with van der Waals surface area (Å²) < 4.78 is 4.19. The van der Waals surface area contributed by atoms with Gasteiger partial charge in [-0.3, -0.25) is 0 Å². The number of aromatic nitrogens is 2. The number of aliphatic carboxylic acids is 1. The number of hydrogen-bond acceptors (Lipinski definition) is 6. The van der Waals surface area contributed by atoms with E-state index in [1.807, 2.05) is 31.2 Å². The number of carboxylic acid groups (broad SMARTS) is 1. The van der Waals surface area contributed by atoms with Crippen LogP contribution in [0.25, 0.3) is 11.4 Å². The number of nitriles is 1. The maximum absolute atomic E-state index is 11.8. The van der Waals surface area contributed by atoms with Crippen LogP contribution in [0.2, 0.25) is 0 Å². The van der Waals surface area contributed by atoms with Gasteiger partial charge in [-0.25, -0.2) is 9.78 Å². The molecule has 122 valence electrons. The molecule has 3 rings (SSSR count). The number of likely N-dealkylation sites (N-methyl/N-ethyl adjacent to an activating group) is 1. The fourth-order valence-corrected chi connectivity index (χ4v) is 3.73. The van der Waals surface area contributed by atoms with Crippen molar-refractivity contribution in [2.45, 2.75) is 25.3 Å². The van der Waals surface area contributed by atoms with Crippen molar-refractivity contribution in [2.75, 3.05) is 7.05 Å². The van der Waals surface area contributed by atoms with Crippen LogP contribution in [0.3, 0.4) is 0 Å². The van der Waals surface area contributed by atoms with Gasteiger partial charge in [0.15, 0.2) is 5.82 Å². The van der Waals surface area contributed by atoms with E-state index in [-0.39, 0.29) is 0 Å². The third-order valence-corrected chi connectivity index (χ3v) is 4.86. The third-order valence-electron chi connectivity index (χ3n) is 4.38. The molecule has 1 aliphatic rings. The predicted octanol–water partition coefficient (Wildman–Crippen LogP) is 2.87. The number of hydrogen-bond donors (Lipinski definition) is 1. The largest absolute Gasteiger partial charge is 0.480 e. The summed E-state index contributed by atoms with van der Waals surface area (Å²) in [6.07, 6.45) is 0.625. The number of carboxylic acids is 1. The van der Waals surface area contributed by atoms with Gasteiger partial charge in [-0.2, -0.15) is 9.64 Å². The smallest absolute Gasteiger partial charge is 0.327 e. The summed E-state index contributed by atoms with van der Waals surface area (Å²) in [5.74, 6) is -0.746. The van der Waals surface area contributed by atoms with Crippen molar-refractivity contribution in [2.24, 2.45) is 0 Å². The van der Waals surface area contributed by atoms with Crippen molar-refractivity contribution >= 4 is 17.5 Å². The molecular weight excluding hydrogens is 324 g/mol. The molecule has 1 aliphatic heterocycles. The van der Waals surface area contributed by atoms with Gasteiger partial charge in [0, 0.05) is 18.3 Å². The van der Waals surface area contributed by atoms with Crippen LogP contribution in [-0.2, 0) is 4.79 Å². The molecule has 7 heteroatoms. The van der Waals surface area contributed by atoms with Crippen LogP contribution < -0.4 is 0 Å². The number of benzene rings is 1. The van der Waals surface area contributed by atoms with Crippen molar-refractivity contribution in [3.8, 4) is 17.5 Å². The zero-order valence-electron chi connectivity index (χ0n) is 13.3. The van der Waals surface area contributed by atoms with Gasteiger partial charge in [0.1, 0.15) is 11.6 Å². The fourth-order valence-electron chi connectivity index (χ4n) is 3.29. The second-order valence-corrected chi connectivity index (χ2v) is 6.18. The van der Waals surface area contributed by atoms with Gasteiger partial charge >= 0.3 is 5.97 Å². The molecule has 0 saturated heterocycles. The van der Waals surface area contributed by atoms with Crippen molar-refractivity contribution in [3.05, 3.63) is 46.6 Å². The molecule has 24 heavy (non-hydrogen) atoms. The van der Waals surface area contributed by atoms with Crippen LogP contribution in [0.5, 0.6) is 0 Å². The minimum atomic E-state index is -0.927. The lowest BCUT2D eigenvalue weighted by atomic mass is 9.87. The quantitative estimate of drug-likeness (QED) is 0.920. The Hall–Kier alpha value is -2.72. The first-order chi connectivity index (χ1) is 11.6. The minimum absolute atomic E-state index is 0.468. The lowest BCUT2D eigenvalue weighted by Crippen LogP contribution is -2.37. The van der Waals surface area contributed by atoms with Crippen LogP contribution in [0.1, 0.15) is 24.8 Å². The number of rotatable bonds is 4. The molecule has 2 aromatic rings. The maximum Gasteiger partial charge on any atom is 0.327 e. The second kappa shape index (κ2) is 6.42. The summed E-state index contributed by atoms with van der Waals surface area (Å²) >= 11 is 1.28. The van der Waals surface area contributed by atoms with Crippen LogP contribution in [0, 0.1) is 11.3 Å². The topological polar surface area (TPSA) is 90.1 Å². The van der Waals surface area contributed by atoms with Crippen LogP contribution in [0.4, 0.5) is 0 Å². The van der Waals surface area contributed by atoms with Crippen molar-refractivity contribution in [3.63, 3.8) is 0 Å². The maximum atomic E-state index is 11.8. The summed E-state index contributed by atoms with van der Waals surface area (Å²) in [5.41, 5.74) is 4.68. The highest BCUT2D eigenvalue weighted by Crippen LogP contribution is 2.41. The molecule has 0 aliphatic carbocycles. The third kappa shape index (κ3) is 2.55. The Morgan fingerprint density at radius 3 is 2.62 bits per heavy atom. The number of allylic oxidation sites excluding steroid dienone is 1. The van der Waals surface area contributed by atoms with E-state index in [1.165, 1.54) is 11.5 Å². The SMILES string of the molecule is CCC1=C(C#N)C(c2ccc(-c3ncsn3)cc2)C(C(=O)O)N1C. The van der Waals surface area contributed by atoms with Gasteiger partial charge in [-0.1, -0.05) is 31.2 Å². The van der Waals surface area contributed by atoms with E-state index in [2.05, 4.69) is 15.4 Å². The van der Waals surface area contributed by atoms with Crippen LogP contribution in [0.15, 0.2) is 41.0 Å². The Labute approximate surface area is 143 Å². The summed E-state index contributed by atoms with van der Waals surface area (Å²) in [6.45, 7) is 1.93. The molecule has 1 aromatic heterocycles. The first-order valence-electron chi connectivity index (χ1n) is 7.54. The molecule has 6 nitrogen and oxygen atoms in total. The Morgan fingerprint density at radius 2 is 2.12 bits per heavy atom. The molecule has 1 aromatic carbocycles. The fraction of sp³-hybridized carbons (Fsp3) is 0.294. The average molecular weight is 340 g/mol. The standard InChI is InChI=1S/C17H16N4O2S/c1-3-13-12(8-18)14(15(17(22)23)21(13)2)10-4-6-11(7-5-10)16-19-9-24-20-16/h4-7,9,14-15H,3H2,1-2H3,(H,22,23). The van der Waals surface area contributed by atoms with E-state index in [9.17, 15) is 15.2 Å². The average Bonchev–Trinajstić information content (AvgIpc) is 3.20. The first-order valence-corrected chi connectivity index (χ1v) is 8.37. The van der Waals surface area contributed by atoms with E-state index < -0.39 is 17.9 Å². The lowest BCUT2D eigenvalue weighted by molar-refractivity contribution is -0.142. The number of nitrogens with zero attached hydrogens (tertiary/aromatic N) is 4. The molecule has 0 radical (unpaired) electrons. The molecule has 2 heterocycles. The highest BCUT2D eigenvalue weighted by molar-refractivity contribution is 7.03. The molecule has 2 unspecified atom stereocenters. The Balaban J connectivity index is 2.03. The zero-order chi connectivity index (χ0) is 17.3. The predicted molar refractivity (Wildman–Crippen MR) is 90.2 cm³/mol. The molecular formula is C17H16N4O2S. The molecule has 0 spiro atoms. The Kier molecular flexibility index (Phi) is 4.32. The molecule has 1 N–H and O–H groups in total. The van der Waals surface area contributed by atoms with Crippen molar-refractivity contribution in [1.29, 1.82) is 5.26 Å². The Morgan fingerprint density at radius 1 is 1.42 bits per heavy atom. The number of carbonyl (C=O) groups is 1. The molecule has 0 fully saturated rings. The van der Waals surface area contributed by atoms with E-state index >= 15 is 0 Å². The minimum Gasteiger partial charge on any atom is -0.480 e. The second-order valence-electron chi connectivity index (χ2n) is 5.57. The summed E-state index contributed by atoms with van der Waals surface area (Å²) in [5, 5.41) is 19.2. The van der Waals surface area contributed by atoms with Gasteiger partial charge in [-0.15, -0.1) is 0 Å². The molecule has 0 saturated carbocycles. The lowest BCUT2D eigenvalue weighted by Gasteiger charge is -2.25. The van der Waals surface area contributed by atoms with Gasteiger partial charge < -0.3 is 10.0 Å². The van der Waals surface area contributed by atoms with E-state index in [0.29, 0.717) is 17.8 Å². The highest BCUT2D eigenvalue weighted by atomic mass is 32.1. The van der Waals surface area contributed by atoms with E-state index in [0.717, 1.165) is 16.8 Å². The summed E-state index contributed by atoms with van der Waals surface area (Å²) in [6, 6.07) is 8.92. The molecule has 0 bridgehead atoms. The van der Waals surface area contributed by atoms with Crippen LogP contribution >= 0.6 is 11.5 Å². The van der Waals surface area contributed by atoms with E-state index in [4.69, 9.17) is 0 Å². The summed E-state index contributed by atoms with van der Waals surface area (Å²) in [4.78, 5) is 17.7. The zero-order valence-corrected chi connectivity index (χ0v) is 14.1. The molecule has 0 amide bonds. The van der Waals surface area contributed by atoms with Gasteiger partial charge in [-0.05, 0) is 23.5 Å². The van der Waals surface area contributed by atoms with E-state index in [1.54, 1.807) is 17.5 Å². The Bertz CT molecular complexity index is 821. The normalized spacial score (nSPS) is 20.3. The van der Waals surface area contributed by atoms with Crippen molar-refractivity contribution in [1.82, 2.24) is 14.3 Å². The van der Waals surface area contributed by atoms with Crippen LogP contribution in [-0.4, -0.2) is 38.4 Å². The van der Waals surface area contributed by atoms with Gasteiger partial charge in [0.25, 0.3) is 0 Å². The van der Waals surface area contributed by atoms with Gasteiger partial charge in [0.05, 0.1) is 17.6 Å². The van der Waals surface area contributed by atoms with Crippen molar-refractivity contribution < 1.29 is 9.90 Å². The highest BCUT2D eigenvalue weighted by Gasteiger charge is 2.43. The molecule has 2 atom stereocenters.